The molecular weight excluding hydrogens is 402 g/mol. The summed E-state index contributed by atoms with van der Waals surface area (Å²) in [5.41, 5.74) is 6.27. The van der Waals surface area contributed by atoms with Crippen LogP contribution in [0.2, 0.25) is 0 Å². The molecule has 2 heterocycles. The summed E-state index contributed by atoms with van der Waals surface area (Å²) < 4.78 is 27.0. The summed E-state index contributed by atoms with van der Waals surface area (Å²) in [4.78, 5) is 2.59. The smallest absolute Gasteiger partial charge is 0.123 e. The molecule has 0 amide bonds. The monoisotopic (exact) mass is 432 g/mol. The van der Waals surface area contributed by atoms with Gasteiger partial charge < -0.3 is 10.2 Å². The quantitative estimate of drug-likeness (QED) is 0.480. The van der Waals surface area contributed by atoms with Crippen LogP contribution in [0.15, 0.2) is 66.7 Å². The molecule has 0 radical (unpaired) electrons. The highest BCUT2D eigenvalue weighted by molar-refractivity contribution is 5.60. The highest BCUT2D eigenvalue weighted by Gasteiger charge is 2.36. The van der Waals surface area contributed by atoms with Gasteiger partial charge in [0.1, 0.15) is 11.6 Å². The Labute approximate surface area is 189 Å². The van der Waals surface area contributed by atoms with Crippen LogP contribution in [0.25, 0.3) is 0 Å². The van der Waals surface area contributed by atoms with Crippen molar-refractivity contribution in [1.29, 1.82) is 0 Å². The molecular formula is C28H30F2N2. The molecule has 0 spiro atoms. The molecule has 0 unspecified atom stereocenters. The summed E-state index contributed by atoms with van der Waals surface area (Å²) >= 11 is 0. The van der Waals surface area contributed by atoms with Crippen LogP contribution in [-0.2, 0) is 0 Å². The minimum Gasteiger partial charge on any atom is -0.381 e. The highest BCUT2D eigenvalue weighted by atomic mass is 19.1. The van der Waals surface area contributed by atoms with Crippen LogP contribution >= 0.6 is 0 Å². The van der Waals surface area contributed by atoms with Crippen LogP contribution < -0.4 is 5.32 Å². The Kier molecular flexibility index (Phi) is 5.97. The summed E-state index contributed by atoms with van der Waals surface area (Å²) in [7, 11) is 0. The first-order chi connectivity index (χ1) is 15.6. The number of hydrogen-bond donors (Lipinski definition) is 1. The van der Waals surface area contributed by atoms with Crippen molar-refractivity contribution in [2.45, 2.75) is 44.1 Å². The van der Waals surface area contributed by atoms with Gasteiger partial charge in [-0.15, -0.1) is 0 Å². The third kappa shape index (κ3) is 4.42. The Morgan fingerprint density at radius 3 is 2.25 bits per heavy atom. The fraction of sp³-hybridized carbons (Fsp3) is 0.357. The van der Waals surface area contributed by atoms with Crippen molar-refractivity contribution in [3.8, 4) is 0 Å². The number of hydrogen-bond acceptors (Lipinski definition) is 2. The lowest BCUT2D eigenvalue weighted by atomic mass is 9.86. The zero-order chi connectivity index (χ0) is 22.1. The molecule has 32 heavy (non-hydrogen) atoms. The normalized spacial score (nSPS) is 20.1. The second-order valence-corrected chi connectivity index (χ2v) is 9.34. The molecule has 166 valence electrons. The molecule has 1 saturated heterocycles. The standard InChI is InChI=1S/C28H30F2N2/c1-19-4-13-27-25(17-19)26-18-32(16-14-28(26)31-27)15-2-3-24(20-5-9-22(29)10-6-20)21-7-11-23(30)12-8-21/h4-13,17,24,26,28,31H,2-3,14-16,18H2,1H3/t26-,28-/m1/s1. The molecule has 4 heteroatoms. The van der Waals surface area contributed by atoms with E-state index in [-0.39, 0.29) is 17.6 Å². The Morgan fingerprint density at radius 2 is 1.59 bits per heavy atom. The molecule has 3 aromatic rings. The first-order valence-electron chi connectivity index (χ1n) is 11.7. The zero-order valence-corrected chi connectivity index (χ0v) is 18.5. The van der Waals surface area contributed by atoms with Crippen molar-refractivity contribution in [2.24, 2.45) is 0 Å². The molecule has 0 aliphatic carbocycles. The third-order valence-corrected chi connectivity index (χ3v) is 7.16. The molecule has 0 bridgehead atoms. The Hall–Kier alpha value is -2.72. The van der Waals surface area contributed by atoms with Crippen molar-refractivity contribution >= 4 is 5.69 Å². The minimum absolute atomic E-state index is 0.144. The first kappa shape index (κ1) is 21.1. The average molecular weight is 433 g/mol. The lowest BCUT2D eigenvalue weighted by molar-refractivity contribution is 0.198. The van der Waals surface area contributed by atoms with E-state index >= 15 is 0 Å². The van der Waals surface area contributed by atoms with Crippen LogP contribution in [0, 0.1) is 18.6 Å². The van der Waals surface area contributed by atoms with Gasteiger partial charge >= 0.3 is 0 Å². The van der Waals surface area contributed by atoms with Gasteiger partial charge in [-0.25, -0.2) is 8.78 Å². The fourth-order valence-electron chi connectivity index (χ4n) is 5.47. The van der Waals surface area contributed by atoms with Gasteiger partial charge in [-0.2, -0.15) is 0 Å². The summed E-state index contributed by atoms with van der Waals surface area (Å²) in [6.45, 7) is 5.41. The molecule has 2 atom stereocenters. The Balaban J connectivity index is 1.25. The van der Waals surface area contributed by atoms with Crippen molar-refractivity contribution in [2.75, 3.05) is 25.0 Å². The molecule has 0 aromatic heterocycles. The van der Waals surface area contributed by atoms with E-state index in [1.165, 1.54) is 41.1 Å². The predicted molar refractivity (Wildman–Crippen MR) is 126 cm³/mol. The van der Waals surface area contributed by atoms with E-state index in [1.807, 2.05) is 24.3 Å². The number of likely N-dealkylation sites (tertiary alicyclic amines) is 1. The fourth-order valence-corrected chi connectivity index (χ4v) is 5.47. The number of nitrogens with zero attached hydrogens (tertiary/aromatic N) is 1. The number of anilines is 1. The second kappa shape index (κ2) is 9.03. The highest BCUT2D eigenvalue weighted by Crippen LogP contribution is 2.40. The van der Waals surface area contributed by atoms with Crippen molar-refractivity contribution < 1.29 is 8.78 Å². The molecule has 2 aliphatic rings. The molecule has 1 fully saturated rings. The molecule has 1 N–H and O–H groups in total. The number of fused-ring (bicyclic) bond motifs is 3. The van der Waals surface area contributed by atoms with Crippen LogP contribution in [0.5, 0.6) is 0 Å². The molecule has 2 nitrogen and oxygen atoms in total. The van der Waals surface area contributed by atoms with E-state index in [0.717, 1.165) is 50.0 Å². The van der Waals surface area contributed by atoms with E-state index in [4.69, 9.17) is 0 Å². The number of aryl methyl sites for hydroxylation is 1. The number of halogens is 2. The van der Waals surface area contributed by atoms with E-state index in [1.54, 1.807) is 0 Å². The lowest BCUT2D eigenvalue weighted by Crippen LogP contribution is -2.42. The lowest BCUT2D eigenvalue weighted by Gasteiger charge is -2.35. The zero-order valence-electron chi connectivity index (χ0n) is 18.5. The molecule has 3 aromatic carbocycles. The number of benzene rings is 3. The number of nitrogens with one attached hydrogen (secondary N) is 1. The maximum Gasteiger partial charge on any atom is 0.123 e. The van der Waals surface area contributed by atoms with E-state index in [0.29, 0.717) is 12.0 Å². The summed E-state index contributed by atoms with van der Waals surface area (Å²) in [6.07, 6.45) is 3.17. The maximum absolute atomic E-state index is 13.5. The van der Waals surface area contributed by atoms with Crippen molar-refractivity contribution in [1.82, 2.24) is 4.90 Å². The molecule has 2 aliphatic heterocycles. The number of piperidine rings is 1. The Bertz CT molecular complexity index is 1020. The van der Waals surface area contributed by atoms with Gasteiger partial charge in [-0.05, 0) is 79.8 Å². The maximum atomic E-state index is 13.5. The van der Waals surface area contributed by atoms with Crippen LogP contribution in [0.1, 0.15) is 53.4 Å². The van der Waals surface area contributed by atoms with Gasteiger partial charge in [-0.3, -0.25) is 0 Å². The predicted octanol–water partition coefficient (Wildman–Crippen LogP) is 6.47. The third-order valence-electron chi connectivity index (χ3n) is 7.16. The molecule has 0 saturated carbocycles. The topological polar surface area (TPSA) is 15.3 Å². The van der Waals surface area contributed by atoms with Gasteiger partial charge in [0.2, 0.25) is 0 Å². The van der Waals surface area contributed by atoms with E-state index in [9.17, 15) is 8.78 Å². The second-order valence-electron chi connectivity index (χ2n) is 9.34. The van der Waals surface area contributed by atoms with Crippen molar-refractivity contribution in [3.63, 3.8) is 0 Å². The summed E-state index contributed by atoms with van der Waals surface area (Å²) in [6, 6.07) is 20.8. The molecule has 5 rings (SSSR count). The van der Waals surface area contributed by atoms with Crippen LogP contribution in [0.3, 0.4) is 0 Å². The van der Waals surface area contributed by atoms with Gasteiger partial charge in [0.15, 0.2) is 0 Å². The summed E-state index contributed by atoms with van der Waals surface area (Å²) in [5.74, 6) is 0.249. The SMILES string of the molecule is Cc1ccc2c(c1)[C@H]1CN(CCCC(c3ccc(F)cc3)c3ccc(F)cc3)CC[C@H]1N2. The van der Waals surface area contributed by atoms with Gasteiger partial charge in [0.25, 0.3) is 0 Å². The average Bonchev–Trinajstić information content (AvgIpc) is 3.15. The van der Waals surface area contributed by atoms with E-state index in [2.05, 4.69) is 35.3 Å². The minimum atomic E-state index is -0.227. The first-order valence-corrected chi connectivity index (χ1v) is 11.7. The van der Waals surface area contributed by atoms with Crippen molar-refractivity contribution in [3.05, 3.63) is 101 Å². The summed E-state index contributed by atoms with van der Waals surface area (Å²) in [5, 5.41) is 3.72. The van der Waals surface area contributed by atoms with Gasteiger partial charge in [0.05, 0.1) is 0 Å². The Morgan fingerprint density at radius 1 is 0.938 bits per heavy atom. The van der Waals surface area contributed by atoms with Crippen LogP contribution in [0.4, 0.5) is 14.5 Å². The van der Waals surface area contributed by atoms with E-state index < -0.39 is 0 Å². The van der Waals surface area contributed by atoms with Gasteiger partial charge in [-0.1, -0.05) is 42.0 Å². The van der Waals surface area contributed by atoms with Crippen LogP contribution in [-0.4, -0.2) is 30.6 Å². The van der Waals surface area contributed by atoms with Gasteiger partial charge in [0, 0.05) is 36.7 Å². The largest absolute Gasteiger partial charge is 0.381 e. The number of rotatable bonds is 6.